The Morgan fingerprint density at radius 2 is 1.15 bits per heavy atom. The van der Waals surface area contributed by atoms with E-state index in [0.29, 0.717) is 22.7 Å². The minimum Gasteiger partial charge on any atom is -0.480 e. The van der Waals surface area contributed by atoms with Gasteiger partial charge in [0.05, 0.1) is 29.3 Å². The number of carbonyl (C=O) groups excluding carboxylic acids is 2. The van der Waals surface area contributed by atoms with Crippen LogP contribution in [0.5, 0.6) is 0 Å². The average molecular weight is 545 g/mol. The van der Waals surface area contributed by atoms with Crippen LogP contribution in [-0.4, -0.2) is 58.6 Å². The van der Waals surface area contributed by atoms with Crippen LogP contribution in [-0.2, 0) is 4.79 Å². The van der Waals surface area contributed by atoms with Gasteiger partial charge < -0.3 is 14.9 Å². The highest BCUT2D eigenvalue weighted by Gasteiger charge is 2.41. The zero-order valence-corrected chi connectivity index (χ0v) is 22.2. The Morgan fingerprint density at radius 1 is 0.659 bits per heavy atom. The van der Waals surface area contributed by atoms with Crippen molar-refractivity contribution in [2.45, 2.75) is 6.04 Å². The van der Waals surface area contributed by atoms with Gasteiger partial charge in [-0.2, -0.15) is 0 Å². The molecule has 1 atom stereocenters. The first kappa shape index (κ1) is 25.9. The fraction of sp³-hybridized carbons (Fsp3) is 0.121. The lowest BCUT2D eigenvalue weighted by Gasteiger charge is -2.42. The molecule has 8 nitrogen and oxygen atoms in total. The highest BCUT2D eigenvalue weighted by molar-refractivity contribution is 6.06. The van der Waals surface area contributed by atoms with E-state index in [4.69, 9.17) is 0 Å². The van der Waals surface area contributed by atoms with E-state index >= 15 is 0 Å². The number of rotatable bonds is 3. The molecule has 2 aliphatic rings. The van der Waals surface area contributed by atoms with Gasteiger partial charge in [0, 0.05) is 13.1 Å². The molecule has 2 aliphatic heterocycles. The fourth-order valence-electron chi connectivity index (χ4n) is 5.37. The SMILES string of the molecule is O=C(O)[C@@H]1CN(C(=O)N2c3ccccc3C=Cc3ccccc32)CCN1C(=O)N(c1ccccc1)c1ccccc1. The minimum atomic E-state index is -1.23. The van der Waals surface area contributed by atoms with Gasteiger partial charge >= 0.3 is 18.0 Å². The molecule has 0 bridgehead atoms. The highest BCUT2D eigenvalue weighted by atomic mass is 16.4. The van der Waals surface area contributed by atoms with Crippen LogP contribution in [0.15, 0.2) is 109 Å². The van der Waals surface area contributed by atoms with Crippen molar-refractivity contribution in [1.29, 1.82) is 0 Å². The van der Waals surface area contributed by atoms with Gasteiger partial charge in [0.25, 0.3) is 0 Å². The van der Waals surface area contributed by atoms with Crippen molar-refractivity contribution in [1.82, 2.24) is 9.80 Å². The predicted molar refractivity (Wildman–Crippen MR) is 159 cm³/mol. The Balaban J connectivity index is 1.32. The Kier molecular flexibility index (Phi) is 6.95. The summed E-state index contributed by atoms with van der Waals surface area (Å²) < 4.78 is 0. The maximum Gasteiger partial charge on any atom is 0.329 e. The van der Waals surface area contributed by atoms with Crippen LogP contribution < -0.4 is 9.80 Å². The number of anilines is 4. The van der Waals surface area contributed by atoms with E-state index < -0.39 is 18.0 Å². The molecule has 4 aromatic rings. The molecule has 0 radical (unpaired) electrons. The first-order valence-electron chi connectivity index (χ1n) is 13.4. The quantitative estimate of drug-likeness (QED) is 0.321. The van der Waals surface area contributed by atoms with Gasteiger partial charge in [-0.15, -0.1) is 0 Å². The summed E-state index contributed by atoms with van der Waals surface area (Å²) in [6.07, 6.45) is 3.94. The van der Waals surface area contributed by atoms with E-state index in [1.165, 1.54) is 14.7 Å². The second-order valence-corrected chi connectivity index (χ2v) is 9.85. The van der Waals surface area contributed by atoms with Crippen molar-refractivity contribution in [2.24, 2.45) is 0 Å². The molecule has 6 rings (SSSR count). The first-order valence-corrected chi connectivity index (χ1v) is 13.4. The lowest BCUT2D eigenvalue weighted by Crippen LogP contribution is -2.62. The van der Waals surface area contributed by atoms with Gasteiger partial charge in [0.1, 0.15) is 6.04 Å². The molecular formula is C33H28N4O4. The average Bonchev–Trinajstić information content (AvgIpc) is 3.18. The van der Waals surface area contributed by atoms with Gasteiger partial charge in [-0.25, -0.2) is 14.4 Å². The minimum absolute atomic E-state index is 0.0626. The number of para-hydroxylation sites is 4. The topological polar surface area (TPSA) is 84.4 Å². The van der Waals surface area contributed by atoms with E-state index in [1.54, 1.807) is 4.90 Å². The lowest BCUT2D eigenvalue weighted by molar-refractivity contribution is -0.143. The number of hydrogen-bond donors (Lipinski definition) is 1. The first-order chi connectivity index (χ1) is 20.0. The summed E-state index contributed by atoms with van der Waals surface area (Å²) in [5, 5.41) is 10.3. The Morgan fingerprint density at radius 3 is 1.66 bits per heavy atom. The molecule has 204 valence electrons. The molecule has 1 fully saturated rings. The van der Waals surface area contributed by atoms with Crippen LogP contribution in [0.3, 0.4) is 0 Å². The van der Waals surface area contributed by atoms with Crippen molar-refractivity contribution >= 4 is 52.9 Å². The summed E-state index contributed by atoms with van der Waals surface area (Å²) in [5.74, 6) is -1.17. The van der Waals surface area contributed by atoms with Crippen LogP contribution in [0.1, 0.15) is 11.1 Å². The summed E-state index contributed by atoms with van der Waals surface area (Å²) in [5.41, 5.74) is 4.42. The van der Waals surface area contributed by atoms with E-state index in [1.807, 2.05) is 121 Å². The number of carboxylic acids is 1. The summed E-state index contributed by atoms with van der Waals surface area (Å²) >= 11 is 0. The largest absolute Gasteiger partial charge is 0.480 e. The molecule has 0 aromatic heterocycles. The number of carbonyl (C=O) groups is 3. The molecule has 4 aromatic carbocycles. The summed E-state index contributed by atoms with van der Waals surface area (Å²) in [4.78, 5) is 46.8. The number of benzene rings is 4. The van der Waals surface area contributed by atoms with Gasteiger partial charge in [-0.3, -0.25) is 9.80 Å². The van der Waals surface area contributed by atoms with Crippen LogP contribution in [0.4, 0.5) is 32.3 Å². The number of urea groups is 2. The molecule has 2 heterocycles. The van der Waals surface area contributed by atoms with Crippen LogP contribution in [0, 0.1) is 0 Å². The monoisotopic (exact) mass is 544 g/mol. The third-order valence-electron chi connectivity index (χ3n) is 7.39. The van der Waals surface area contributed by atoms with Crippen LogP contribution in [0.2, 0.25) is 0 Å². The van der Waals surface area contributed by atoms with Crippen molar-refractivity contribution < 1.29 is 19.5 Å². The number of fused-ring (bicyclic) bond motifs is 2. The molecule has 1 saturated heterocycles. The maximum absolute atomic E-state index is 14.2. The number of piperazine rings is 1. The van der Waals surface area contributed by atoms with Crippen molar-refractivity contribution in [2.75, 3.05) is 29.4 Å². The highest BCUT2D eigenvalue weighted by Crippen LogP contribution is 2.37. The molecule has 0 aliphatic carbocycles. The predicted octanol–water partition coefficient (Wildman–Crippen LogP) is 6.46. The van der Waals surface area contributed by atoms with Crippen molar-refractivity contribution in [3.8, 4) is 0 Å². The number of nitrogens with zero attached hydrogens (tertiary/aromatic N) is 4. The van der Waals surface area contributed by atoms with Gasteiger partial charge in [-0.05, 0) is 47.5 Å². The summed E-state index contributed by atoms with van der Waals surface area (Å²) in [6.45, 7) is 0.0959. The number of aliphatic carboxylic acids is 1. The maximum atomic E-state index is 14.2. The van der Waals surface area contributed by atoms with Crippen LogP contribution >= 0.6 is 0 Å². The fourth-order valence-corrected chi connectivity index (χ4v) is 5.37. The van der Waals surface area contributed by atoms with E-state index in [9.17, 15) is 19.5 Å². The molecule has 41 heavy (non-hydrogen) atoms. The lowest BCUT2D eigenvalue weighted by atomic mass is 10.1. The summed E-state index contributed by atoms with van der Waals surface area (Å²) in [6, 6.07) is 31.5. The van der Waals surface area contributed by atoms with Gasteiger partial charge in [0.2, 0.25) is 0 Å². The van der Waals surface area contributed by atoms with Crippen molar-refractivity contribution in [3.63, 3.8) is 0 Å². The number of amides is 4. The standard InChI is InChI=1S/C33H28N4O4/c38-31(39)30-23-34(32(40)37-28-17-9-7-11-24(28)19-20-25-12-8-10-18-29(25)37)21-22-35(30)33(41)36(26-13-3-1-4-14-26)27-15-5-2-6-16-27/h1-20,30H,21-23H2,(H,38,39)/t30-/m0/s1. The Labute approximate surface area is 238 Å². The van der Waals surface area contributed by atoms with Crippen molar-refractivity contribution in [3.05, 3.63) is 120 Å². The Hall–Kier alpha value is -5.37. The Bertz CT molecular complexity index is 1530. The number of hydrogen-bond acceptors (Lipinski definition) is 3. The van der Waals surface area contributed by atoms with Gasteiger partial charge in [0.15, 0.2) is 0 Å². The smallest absolute Gasteiger partial charge is 0.329 e. The zero-order valence-electron chi connectivity index (χ0n) is 22.2. The van der Waals surface area contributed by atoms with Gasteiger partial charge in [-0.1, -0.05) is 84.9 Å². The molecule has 4 amide bonds. The van der Waals surface area contributed by atoms with E-state index in [-0.39, 0.29) is 25.7 Å². The van der Waals surface area contributed by atoms with E-state index in [0.717, 1.165) is 11.1 Å². The molecule has 8 heteroatoms. The zero-order chi connectivity index (χ0) is 28.3. The second kappa shape index (κ2) is 11.0. The third-order valence-corrected chi connectivity index (χ3v) is 7.39. The summed E-state index contributed by atoms with van der Waals surface area (Å²) in [7, 11) is 0. The third kappa shape index (κ3) is 4.91. The molecule has 0 unspecified atom stereocenters. The molecule has 0 spiro atoms. The second-order valence-electron chi connectivity index (χ2n) is 9.85. The number of carboxylic acid groups (broad SMARTS) is 1. The normalized spacial score (nSPS) is 15.9. The molecule has 1 N–H and O–H groups in total. The molecule has 0 saturated carbocycles. The van der Waals surface area contributed by atoms with Crippen LogP contribution in [0.25, 0.3) is 12.2 Å². The molecular weight excluding hydrogens is 516 g/mol. The van der Waals surface area contributed by atoms with E-state index in [2.05, 4.69) is 0 Å².